The molecule has 5 heteroatoms. The smallest absolute Gasteiger partial charge is 0.163 e. The normalized spacial score (nSPS) is 25.4. The van der Waals surface area contributed by atoms with Crippen LogP contribution in [0.5, 0.6) is 5.75 Å². The van der Waals surface area contributed by atoms with Crippen molar-refractivity contribution in [2.24, 2.45) is 7.05 Å². The second-order valence-electron chi connectivity index (χ2n) is 5.96. The summed E-state index contributed by atoms with van der Waals surface area (Å²) in [6.45, 7) is 6.19. The lowest BCUT2D eigenvalue weighted by Gasteiger charge is -2.43. The summed E-state index contributed by atoms with van der Waals surface area (Å²) >= 11 is 0. The molecule has 106 valence electrons. The van der Waals surface area contributed by atoms with E-state index in [1.807, 2.05) is 17.9 Å². The Hall–Kier alpha value is -1.07. The Kier molecular flexibility index (Phi) is 3.27. The van der Waals surface area contributed by atoms with Gasteiger partial charge in [-0.1, -0.05) is 0 Å². The predicted octanol–water partition coefficient (Wildman–Crippen LogP) is 1.79. The van der Waals surface area contributed by atoms with E-state index in [0.29, 0.717) is 0 Å². The Bertz CT molecular complexity index is 450. The van der Waals surface area contributed by atoms with Crippen molar-refractivity contribution >= 4 is 0 Å². The van der Waals surface area contributed by atoms with Crippen molar-refractivity contribution in [2.75, 3.05) is 13.1 Å². The molecular formula is C14H23N3O2. The third-order valence-corrected chi connectivity index (χ3v) is 3.96. The minimum absolute atomic E-state index is 0.0584. The summed E-state index contributed by atoms with van der Waals surface area (Å²) < 4.78 is 14.2. The number of hydrogen-bond acceptors (Lipinski definition) is 4. The summed E-state index contributed by atoms with van der Waals surface area (Å²) in [4.78, 5) is 0. The Morgan fingerprint density at radius 2 is 2.21 bits per heavy atom. The van der Waals surface area contributed by atoms with Gasteiger partial charge in [0.25, 0.3) is 0 Å². The molecular weight excluding hydrogens is 242 g/mol. The zero-order chi connectivity index (χ0) is 13.5. The molecule has 3 heterocycles. The van der Waals surface area contributed by atoms with Gasteiger partial charge < -0.3 is 14.8 Å². The number of nitrogens with one attached hydrogen (secondary N) is 1. The molecule has 5 nitrogen and oxygen atoms in total. The van der Waals surface area contributed by atoms with Crippen LogP contribution in [0.25, 0.3) is 0 Å². The molecule has 1 aromatic heterocycles. The molecule has 1 aromatic rings. The summed E-state index contributed by atoms with van der Waals surface area (Å²) in [6, 6.07) is 0. The van der Waals surface area contributed by atoms with Crippen LogP contribution in [0.15, 0.2) is 6.20 Å². The number of nitrogens with zero attached hydrogens (tertiary/aromatic N) is 2. The van der Waals surface area contributed by atoms with Gasteiger partial charge in [0, 0.05) is 13.5 Å². The van der Waals surface area contributed by atoms with Crippen molar-refractivity contribution in [1.29, 1.82) is 0 Å². The fraction of sp³-hybridized carbons (Fsp3) is 0.786. The Morgan fingerprint density at radius 1 is 1.47 bits per heavy atom. The molecule has 1 saturated heterocycles. The minimum Gasteiger partial charge on any atom is -0.483 e. The van der Waals surface area contributed by atoms with Crippen LogP contribution < -0.4 is 10.1 Å². The SMILES string of the molecule is CC(C)OC1CC2(CCNCC2)Oc2cn(C)nc21. The Balaban J connectivity index is 1.90. The molecule has 19 heavy (non-hydrogen) atoms. The molecule has 0 saturated carbocycles. The van der Waals surface area contributed by atoms with E-state index in [4.69, 9.17) is 9.47 Å². The van der Waals surface area contributed by atoms with Crippen LogP contribution in [-0.2, 0) is 11.8 Å². The third kappa shape index (κ3) is 2.49. The summed E-state index contributed by atoms with van der Waals surface area (Å²) in [5, 5.41) is 7.91. The highest BCUT2D eigenvalue weighted by molar-refractivity contribution is 5.31. The van der Waals surface area contributed by atoms with Crippen molar-refractivity contribution < 1.29 is 9.47 Å². The molecule has 1 spiro atoms. The van der Waals surface area contributed by atoms with E-state index in [-0.39, 0.29) is 17.8 Å². The maximum atomic E-state index is 6.29. The van der Waals surface area contributed by atoms with Gasteiger partial charge in [-0.05, 0) is 39.8 Å². The first-order valence-corrected chi connectivity index (χ1v) is 7.17. The van der Waals surface area contributed by atoms with Crippen LogP contribution in [-0.4, -0.2) is 34.6 Å². The molecule has 0 bridgehead atoms. The average Bonchev–Trinajstić information content (AvgIpc) is 2.70. The first kappa shape index (κ1) is 12.9. The van der Waals surface area contributed by atoms with Gasteiger partial charge in [-0.2, -0.15) is 5.10 Å². The number of ether oxygens (including phenoxy) is 2. The Morgan fingerprint density at radius 3 is 2.89 bits per heavy atom. The van der Waals surface area contributed by atoms with Gasteiger partial charge in [0.1, 0.15) is 17.4 Å². The van der Waals surface area contributed by atoms with Crippen LogP contribution in [0.3, 0.4) is 0 Å². The summed E-state index contributed by atoms with van der Waals surface area (Å²) in [6.07, 6.45) is 5.23. The molecule has 0 aromatic carbocycles. The van der Waals surface area contributed by atoms with Gasteiger partial charge >= 0.3 is 0 Å². The van der Waals surface area contributed by atoms with Crippen molar-refractivity contribution in [3.05, 3.63) is 11.9 Å². The lowest BCUT2D eigenvalue weighted by molar-refractivity contribution is -0.0808. The van der Waals surface area contributed by atoms with E-state index in [9.17, 15) is 0 Å². The number of hydrogen-bond donors (Lipinski definition) is 1. The van der Waals surface area contributed by atoms with Gasteiger partial charge in [-0.15, -0.1) is 0 Å². The minimum atomic E-state index is -0.0686. The molecule has 3 rings (SSSR count). The summed E-state index contributed by atoms with van der Waals surface area (Å²) in [7, 11) is 1.93. The van der Waals surface area contributed by atoms with Gasteiger partial charge in [-0.25, -0.2) is 0 Å². The highest BCUT2D eigenvalue weighted by Gasteiger charge is 2.44. The molecule has 0 amide bonds. The van der Waals surface area contributed by atoms with Crippen molar-refractivity contribution in [3.63, 3.8) is 0 Å². The predicted molar refractivity (Wildman–Crippen MR) is 72.2 cm³/mol. The van der Waals surface area contributed by atoms with E-state index in [1.165, 1.54) is 0 Å². The van der Waals surface area contributed by atoms with Crippen LogP contribution in [0.1, 0.15) is 44.9 Å². The highest BCUT2D eigenvalue weighted by Crippen LogP contribution is 2.44. The summed E-state index contributed by atoms with van der Waals surface area (Å²) in [5.74, 6) is 0.904. The molecule has 0 aliphatic carbocycles. The fourth-order valence-electron chi connectivity index (χ4n) is 3.12. The molecule has 1 N–H and O–H groups in total. The van der Waals surface area contributed by atoms with E-state index in [2.05, 4.69) is 24.3 Å². The monoisotopic (exact) mass is 265 g/mol. The maximum Gasteiger partial charge on any atom is 0.163 e. The average molecular weight is 265 g/mol. The van der Waals surface area contributed by atoms with Crippen molar-refractivity contribution in [1.82, 2.24) is 15.1 Å². The fourth-order valence-corrected chi connectivity index (χ4v) is 3.12. The molecule has 0 radical (unpaired) electrons. The molecule has 1 unspecified atom stereocenters. The first-order chi connectivity index (χ1) is 9.08. The molecule has 1 fully saturated rings. The van der Waals surface area contributed by atoms with Crippen LogP contribution >= 0.6 is 0 Å². The second kappa shape index (κ2) is 4.80. The Labute approximate surface area is 114 Å². The maximum absolute atomic E-state index is 6.29. The molecule has 2 aliphatic rings. The number of aromatic nitrogens is 2. The highest BCUT2D eigenvalue weighted by atomic mass is 16.5. The van der Waals surface area contributed by atoms with Gasteiger partial charge in [0.05, 0.1) is 12.3 Å². The molecule has 2 aliphatic heterocycles. The van der Waals surface area contributed by atoms with Crippen LogP contribution in [0, 0.1) is 0 Å². The zero-order valence-electron chi connectivity index (χ0n) is 12.0. The number of aryl methyl sites for hydroxylation is 1. The van der Waals surface area contributed by atoms with Gasteiger partial charge in [0.2, 0.25) is 0 Å². The first-order valence-electron chi connectivity index (χ1n) is 7.17. The van der Waals surface area contributed by atoms with E-state index >= 15 is 0 Å². The van der Waals surface area contributed by atoms with E-state index in [0.717, 1.165) is 43.8 Å². The lowest BCUT2D eigenvalue weighted by Crippen LogP contribution is -2.49. The molecule has 1 atom stereocenters. The van der Waals surface area contributed by atoms with Crippen LogP contribution in [0.2, 0.25) is 0 Å². The quantitative estimate of drug-likeness (QED) is 0.885. The van der Waals surface area contributed by atoms with Gasteiger partial charge in [0.15, 0.2) is 5.75 Å². The topological polar surface area (TPSA) is 48.3 Å². The van der Waals surface area contributed by atoms with E-state index < -0.39 is 0 Å². The van der Waals surface area contributed by atoms with Crippen molar-refractivity contribution in [2.45, 2.75) is 50.9 Å². The van der Waals surface area contributed by atoms with E-state index in [1.54, 1.807) is 0 Å². The standard InChI is InChI=1S/C14H23N3O2/c1-10(2)18-11-8-14(4-6-15-7-5-14)19-12-9-17(3)16-13(11)12/h9-11,15H,4-8H2,1-3H3. The largest absolute Gasteiger partial charge is 0.483 e. The third-order valence-electron chi connectivity index (χ3n) is 3.96. The number of rotatable bonds is 2. The van der Waals surface area contributed by atoms with Crippen LogP contribution in [0.4, 0.5) is 0 Å². The zero-order valence-corrected chi connectivity index (χ0v) is 12.0. The lowest BCUT2D eigenvalue weighted by atomic mass is 9.83. The van der Waals surface area contributed by atoms with Gasteiger partial charge in [-0.3, -0.25) is 4.68 Å². The number of fused-ring (bicyclic) bond motifs is 1. The van der Waals surface area contributed by atoms with Crippen molar-refractivity contribution in [3.8, 4) is 5.75 Å². The second-order valence-corrected chi connectivity index (χ2v) is 5.96. The number of piperidine rings is 1. The summed E-state index contributed by atoms with van der Waals surface area (Å²) in [5.41, 5.74) is 0.890.